The molecule has 0 bridgehead atoms. The summed E-state index contributed by atoms with van der Waals surface area (Å²) < 4.78 is 0. The van der Waals surface area contributed by atoms with Gasteiger partial charge in [-0.2, -0.15) is 0 Å². The van der Waals surface area contributed by atoms with Crippen LogP contribution in [0.1, 0.15) is 47.2 Å². The van der Waals surface area contributed by atoms with E-state index in [2.05, 4.69) is 68.5 Å². The van der Waals surface area contributed by atoms with E-state index in [4.69, 9.17) is 0 Å². The van der Waals surface area contributed by atoms with E-state index in [1.807, 2.05) is 12.1 Å². The van der Waals surface area contributed by atoms with Crippen molar-refractivity contribution in [1.82, 2.24) is 0 Å². The first-order chi connectivity index (χ1) is 15.4. The molecule has 0 atom stereocenters. The first-order valence-electron chi connectivity index (χ1n) is 11.3. The number of hydrogen-bond donors (Lipinski definition) is 2. The Morgan fingerprint density at radius 2 is 1.50 bits per heavy atom. The normalized spacial score (nSPS) is 15.4. The molecule has 0 saturated carbocycles. The summed E-state index contributed by atoms with van der Waals surface area (Å²) >= 11 is 0. The van der Waals surface area contributed by atoms with E-state index in [1.165, 1.54) is 49.7 Å². The van der Waals surface area contributed by atoms with Gasteiger partial charge in [0, 0.05) is 5.41 Å². The zero-order valence-electron chi connectivity index (χ0n) is 18.4. The van der Waals surface area contributed by atoms with E-state index in [9.17, 15) is 10.0 Å². The van der Waals surface area contributed by atoms with Gasteiger partial charge in [0.05, 0.1) is 0 Å². The molecule has 6 rings (SSSR count). The molecule has 0 radical (unpaired) electrons. The fourth-order valence-corrected chi connectivity index (χ4v) is 5.63. The molecule has 156 valence electrons. The van der Waals surface area contributed by atoms with E-state index in [1.54, 1.807) is 12.1 Å². The highest BCUT2D eigenvalue weighted by molar-refractivity contribution is 6.58. The zero-order chi connectivity index (χ0) is 22.0. The number of hydrogen-bond acceptors (Lipinski definition) is 2. The molecule has 4 aromatic rings. The van der Waals surface area contributed by atoms with Crippen LogP contribution in [-0.2, 0) is 18.3 Å². The summed E-state index contributed by atoms with van der Waals surface area (Å²) in [7, 11) is -1.43. The van der Waals surface area contributed by atoms with Crippen molar-refractivity contribution in [2.45, 2.75) is 32.1 Å². The largest absolute Gasteiger partial charge is 0.488 e. The first kappa shape index (κ1) is 19.5. The standard InChI is InChI=1S/C29H25BO2/c1-29(2)25-16-19(7-6-18-8-13-22(14-9-18)30(31)32)10-15-23(25)28-24-5-3-4-20-11-12-21(27(20)24)17-26(28)29/h3-10,13-17,31-32H,11-12H2,1-2H3/b7-6+. The van der Waals surface area contributed by atoms with E-state index >= 15 is 0 Å². The molecule has 0 spiro atoms. The maximum atomic E-state index is 9.28. The summed E-state index contributed by atoms with van der Waals surface area (Å²) in [4.78, 5) is 0. The van der Waals surface area contributed by atoms with Crippen LogP contribution in [0, 0.1) is 0 Å². The third-order valence-corrected chi connectivity index (χ3v) is 7.36. The van der Waals surface area contributed by atoms with Crippen LogP contribution in [0.2, 0.25) is 0 Å². The van der Waals surface area contributed by atoms with Crippen LogP contribution in [0.5, 0.6) is 0 Å². The molecule has 2 aliphatic rings. The molecule has 0 heterocycles. The van der Waals surface area contributed by atoms with Crippen LogP contribution < -0.4 is 5.46 Å². The van der Waals surface area contributed by atoms with E-state index < -0.39 is 7.12 Å². The summed E-state index contributed by atoms with van der Waals surface area (Å²) in [5, 5.41) is 21.4. The third kappa shape index (κ3) is 2.82. The van der Waals surface area contributed by atoms with Crippen LogP contribution in [0.25, 0.3) is 34.1 Å². The SMILES string of the molecule is CC1(C)c2cc(/C=C/c3ccc(B(O)O)cc3)ccc2-c2c1cc1c3c(cccc23)CC1. The molecule has 2 N–H and O–H groups in total. The van der Waals surface area contributed by atoms with Crippen LogP contribution in [0.4, 0.5) is 0 Å². The first-order valence-corrected chi connectivity index (χ1v) is 11.3. The van der Waals surface area contributed by atoms with Gasteiger partial charge in [0.1, 0.15) is 0 Å². The van der Waals surface area contributed by atoms with Gasteiger partial charge < -0.3 is 10.0 Å². The van der Waals surface area contributed by atoms with Crippen molar-refractivity contribution in [3.05, 3.63) is 100 Å². The fraction of sp³-hybridized carbons (Fsp3) is 0.172. The molecule has 2 aliphatic carbocycles. The highest BCUT2D eigenvalue weighted by Gasteiger charge is 2.37. The topological polar surface area (TPSA) is 40.5 Å². The van der Waals surface area contributed by atoms with Crippen molar-refractivity contribution in [2.24, 2.45) is 0 Å². The summed E-state index contributed by atoms with van der Waals surface area (Å²) in [6, 6.07) is 23.4. The summed E-state index contributed by atoms with van der Waals surface area (Å²) in [6.45, 7) is 4.70. The van der Waals surface area contributed by atoms with E-state index in [-0.39, 0.29) is 5.41 Å². The quantitative estimate of drug-likeness (QED) is 0.361. The Bertz CT molecular complexity index is 1410. The van der Waals surface area contributed by atoms with Crippen molar-refractivity contribution >= 4 is 35.5 Å². The maximum absolute atomic E-state index is 9.28. The minimum Gasteiger partial charge on any atom is -0.423 e. The van der Waals surface area contributed by atoms with Crippen LogP contribution in [0.3, 0.4) is 0 Å². The molecule has 32 heavy (non-hydrogen) atoms. The third-order valence-electron chi connectivity index (χ3n) is 7.36. The van der Waals surface area contributed by atoms with E-state index in [0.717, 1.165) is 18.4 Å². The molecule has 0 aromatic heterocycles. The second-order valence-corrected chi connectivity index (χ2v) is 9.60. The molecular formula is C29H25BO2. The number of fused-ring (bicyclic) bond motifs is 4. The second kappa shape index (κ2) is 6.93. The average Bonchev–Trinajstić information content (AvgIpc) is 3.31. The van der Waals surface area contributed by atoms with Gasteiger partial charge in [0.2, 0.25) is 0 Å². The van der Waals surface area contributed by atoms with Crippen molar-refractivity contribution < 1.29 is 10.0 Å². The zero-order valence-corrected chi connectivity index (χ0v) is 18.4. The van der Waals surface area contributed by atoms with Crippen molar-refractivity contribution in [3.8, 4) is 11.1 Å². The second-order valence-electron chi connectivity index (χ2n) is 9.60. The highest BCUT2D eigenvalue weighted by Crippen LogP contribution is 2.53. The van der Waals surface area contributed by atoms with Crippen molar-refractivity contribution in [1.29, 1.82) is 0 Å². The number of benzene rings is 4. The smallest absolute Gasteiger partial charge is 0.423 e. The lowest BCUT2D eigenvalue weighted by Gasteiger charge is -2.22. The Morgan fingerprint density at radius 1 is 0.781 bits per heavy atom. The Morgan fingerprint density at radius 3 is 2.28 bits per heavy atom. The molecule has 0 aliphatic heterocycles. The van der Waals surface area contributed by atoms with Gasteiger partial charge in [-0.25, -0.2) is 0 Å². The lowest BCUT2D eigenvalue weighted by molar-refractivity contribution is 0.426. The van der Waals surface area contributed by atoms with Gasteiger partial charge in [0.15, 0.2) is 0 Å². The van der Waals surface area contributed by atoms with Crippen molar-refractivity contribution in [2.75, 3.05) is 0 Å². The minimum atomic E-state index is -1.43. The van der Waals surface area contributed by atoms with Crippen molar-refractivity contribution in [3.63, 3.8) is 0 Å². The monoisotopic (exact) mass is 416 g/mol. The molecule has 4 aromatic carbocycles. The van der Waals surface area contributed by atoms with Gasteiger partial charge in [-0.05, 0) is 73.6 Å². The summed E-state index contributed by atoms with van der Waals surface area (Å²) in [5.41, 5.74) is 11.3. The summed E-state index contributed by atoms with van der Waals surface area (Å²) in [5.74, 6) is 0. The van der Waals surface area contributed by atoms with Crippen LogP contribution >= 0.6 is 0 Å². The predicted molar refractivity (Wildman–Crippen MR) is 134 cm³/mol. The average molecular weight is 416 g/mol. The highest BCUT2D eigenvalue weighted by atomic mass is 16.4. The molecule has 0 amide bonds. The Kier molecular flexibility index (Phi) is 4.23. The van der Waals surface area contributed by atoms with Gasteiger partial charge in [-0.1, -0.05) is 92.7 Å². The Balaban J connectivity index is 1.43. The molecule has 0 unspecified atom stereocenters. The van der Waals surface area contributed by atoms with Gasteiger partial charge in [-0.3, -0.25) is 0 Å². The lowest BCUT2D eigenvalue weighted by atomic mass is 9.80. The predicted octanol–water partition coefficient (Wildman–Crippen LogP) is 5.09. The summed E-state index contributed by atoms with van der Waals surface area (Å²) in [6.07, 6.45) is 6.51. The van der Waals surface area contributed by atoms with Gasteiger partial charge >= 0.3 is 7.12 Å². The fourth-order valence-electron chi connectivity index (χ4n) is 5.63. The minimum absolute atomic E-state index is 0.0310. The maximum Gasteiger partial charge on any atom is 0.488 e. The van der Waals surface area contributed by atoms with Crippen LogP contribution in [-0.4, -0.2) is 17.2 Å². The van der Waals surface area contributed by atoms with Gasteiger partial charge in [-0.15, -0.1) is 0 Å². The van der Waals surface area contributed by atoms with Gasteiger partial charge in [0.25, 0.3) is 0 Å². The van der Waals surface area contributed by atoms with Crippen LogP contribution in [0.15, 0.2) is 66.7 Å². The molecule has 0 saturated heterocycles. The number of rotatable bonds is 3. The lowest BCUT2D eigenvalue weighted by Crippen LogP contribution is -2.29. The number of aryl methyl sites for hydroxylation is 2. The molecular weight excluding hydrogens is 391 g/mol. The molecule has 2 nitrogen and oxygen atoms in total. The molecule has 3 heteroatoms. The Labute approximate surface area is 189 Å². The van der Waals surface area contributed by atoms with E-state index in [0.29, 0.717) is 5.46 Å². The Hall–Kier alpha value is -3.14. The molecule has 0 fully saturated rings.